The van der Waals surface area contributed by atoms with E-state index in [0.29, 0.717) is 60.0 Å². The zero-order valence-electron chi connectivity index (χ0n) is 18.4. The zero-order chi connectivity index (χ0) is 21.6. The molecule has 1 heterocycles. The number of amides is 1. The molecule has 1 amide bonds. The Hall–Kier alpha value is -2.70. The smallest absolute Gasteiger partial charge is 0.223 e. The normalized spacial score (nSPS) is 11.1. The number of rotatable bonds is 10. The van der Waals surface area contributed by atoms with E-state index in [-0.39, 0.29) is 5.91 Å². The standard InChI is InChI=1S/C22H32N2O5/c1-14(2)8-21(25)24(12-15(3)4)13-17-11-18(29-23-17)16-9-19(26-5)22(28-7)20(10-16)27-6/h9-11,14-15H,8,12-13H2,1-7H3. The summed E-state index contributed by atoms with van der Waals surface area (Å²) in [6.45, 7) is 9.38. The van der Waals surface area contributed by atoms with Gasteiger partial charge in [-0.05, 0) is 24.0 Å². The van der Waals surface area contributed by atoms with Crippen LogP contribution in [0.5, 0.6) is 17.2 Å². The SMILES string of the molecule is COc1cc(-c2cc(CN(CC(C)C)C(=O)CC(C)C)no2)cc(OC)c1OC. The highest BCUT2D eigenvalue weighted by Gasteiger charge is 2.20. The second-order valence-electron chi connectivity index (χ2n) is 7.86. The van der Waals surface area contributed by atoms with Crippen LogP contribution in [0.15, 0.2) is 22.7 Å². The molecule has 0 bridgehead atoms. The molecule has 0 aliphatic heterocycles. The van der Waals surface area contributed by atoms with Gasteiger partial charge in [-0.15, -0.1) is 0 Å². The lowest BCUT2D eigenvalue weighted by Crippen LogP contribution is -2.34. The largest absolute Gasteiger partial charge is 0.493 e. The summed E-state index contributed by atoms with van der Waals surface area (Å²) in [4.78, 5) is 14.5. The Balaban J connectivity index is 2.28. The van der Waals surface area contributed by atoms with Gasteiger partial charge in [-0.2, -0.15) is 0 Å². The number of ether oxygens (including phenoxy) is 3. The Morgan fingerprint density at radius 3 is 2.10 bits per heavy atom. The summed E-state index contributed by atoms with van der Waals surface area (Å²) in [5, 5.41) is 4.17. The Kier molecular flexibility index (Phi) is 7.93. The Morgan fingerprint density at radius 2 is 1.62 bits per heavy atom. The van der Waals surface area contributed by atoms with Crippen LogP contribution in [-0.4, -0.2) is 43.8 Å². The van der Waals surface area contributed by atoms with Gasteiger partial charge in [-0.1, -0.05) is 32.9 Å². The molecule has 7 heteroatoms. The average molecular weight is 405 g/mol. The van der Waals surface area contributed by atoms with Crippen molar-refractivity contribution in [1.29, 1.82) is 0 Å². The minimum Gasteiger partial charge on any atom is -0.493 e. The van der Waals surface area contributed by atoms with Gasteiger partial charge in [0.2, 0.25) is 11.7 Å². The summed E-state index contributed by atoms with van der Waals surface area (Å²) in [5.74, 6) is 2.96. The van der Waals surface area contributed by atoms with E-state index in [1.807, 2.05) is 24.8 Å². The molecular weight excluding hydrogens is 372 g/mol. The van der Waals surface area contributed by atoms with Crippen molar-refractivity contribution in [2.75, 3.05) is 27.9 Å². The Morgan fingerprint density at radius 1 is 1.00 bits per heavy atom. The first-order chi connectivity index (χ1) is 13.8. The molecule has 0 aliphatic carbocycles. The molecule has 1 aromatic heterocycles. The minimum absolute atomic E-state index is 0.131. The van der Waals surface area contributed by atoms with Crippen molar-refractivity contribution in [3.8, 4) is 28.6 Å². The third kappa shape index (κ3) is 5.89. The second-order valence-corrected chi connectivity index (χ2v) is 7.86. The number of hydrogen-bond donors (Lipinski definition) is 0. The van der Waals surface area contributed by atoms with E-state index in [0.717, 1.165) is 5.56 Å². The van der Waals surface area contributed by atoms with Crippen molar-refractivity contribution in [3.05, 3.63) is 23.9 Å². The van der Waals surface area contributed by atoms with Crippen LogP contribution in [0.1, 0.15) is 39.8 Å². The van der Waals surface area contributed by atoms with Crippen molar-refractivity contribution >= 4 is 5.91 Å². The quantitative estimate of drug-likeness (QED) is 0.584. The number of carbonyl (C=O) groups is 1. The monoisotopic (exact) mass is 404 g/mol. The highest BCUT2D eigenvalue weighted by Crippen LogP contribution is 2.41. The van der Waals surface area contributed by atoms with E-state index in [2.05, 4.69) is 19.0 Å². The topological polar surface area (TPSA) is 74.0 Å². The van der Waals surface area contributed by atoms with E-state index in [4.69, 9.17) is 18.7 Å². The van der Waals surface area contributed by atoms with Crippen LogP contribution in [0.25, 0.3) is 11.3 Å². The Labute approximate surface area is 172 Å². The molecule has 0 saturated carbocycles. The molecule has 0 fully saturated rings. The molecule has 0 aliphatic rings. The molecule has 1 aromatic carbocycles. The van der Waals surface area contributed by atoms with Crippen LogP contribution in [0.4, 0.5) is 0 Å². The summed E-state index contributed by atoms with van der Waals surface area (Å²) in [6.07, 6.45) is 0.518. The van der Waals surface area contributed by atoms with Gasteiger partial charge in [0.05, 0.1) is 27.9 Å². The van der Waals surface area contributed by atoms with Gasteiger partial charge in [-0.25, -0.2) is 0 Å². The fourth-order valence-corrected chi connectivity index (χ4v) is 3.11. The first-order valence-electron chi connectivity index (χ1n) is 9.82. The summed E-state index contributed by atoms with van der Waals surface area (Å²) in [6, 6.07) is 5.46. The van der Waals surface area contributed by atoms with Crippen molar-refractivity contribution in [2.24, 2.45) is 11.8 Å². The number of nitrogens with zero attached hydrogens (tertiary/aromatic N) is 2. The van der Waals surface area contributed by atoms with Crippen molar-refractivity contribution in [3.63, 3.8) is 0 Å². The maximum atomic E-state index is 12.6. The molecule has 29 heavy (non-hydrogen) atoms. The third-order valence-corrected chi connectivity index (χ3v) is 4.38. The number of aromatic nitrogens is 1. The minimum atomic E-state index is 0.131. The van der Waals surface area contributed by atoms with E-state index in [1.165, 1.54) is 0 Å². The lowest BCUT2D eigenvalue weighted by Gasteiger charge is -2.24. The summed E-state index contributed by atoms with van der Waals surface area (Å²) in [5.41, 5.74) is 1.45. The van der Waals surface area contributed by atoms with Crippen molar-refractivity contribution in [1.82, 2.24) is 10.1 Å². The third-order valence-electron chi connectivity index (χ3n) is 4.38. The van der Waals surface area contributed by atoms with Gasteiger partial charge >= 0.3 is 0 Å². The van der Waals surface area contributed by atoms with E-state index < -0.39 is 0 Å². The molecule has 0 radical (unpaired) electrons. The summed E-state index contributed by atoms with van der Waals surface area (Å²) >= 11 is 0. The highest BCUT2D eigenvalue weighted by atomic mass is 16.5. The first-order valence-corrected chi connectivity index (χ1v) is 9.82. The van der Waals surface area contributed by atoms with E-state index in [1.54, 1.807) is 33.5 Å². The fourth-order valence-electron chi connectivity index (χ4n) is 3.11. The van der Waals surface area contributed by atoms with Crippen molar-refractivity contribution in [2.45, 2.75) is 40.7 Å². The number of methoxy groups -OCH3 is 3. The van der Waals surface area contributed by atoms with Crippen LogP contribution in [0, 0.1) is 11.8 Å². The zero-order valence-corrected chi connectivity index (χ0v) is 18.4. The van der Waals surface area contributed by atoms with Crippen LogP contribution >= 0.6 is 0 Å². The fraction of sp³-hybridized carbons (Fsp3) is 0.545. The van der Waals surface area contributed by atoms with Crippen LogP contribution < -0.4 is 14.2 Å². The van der Waals surface area contributed by atoms with Gasteiger partial charge < -0.3 is 23.6 Å². The number of carbonyl (C=O) groups excluding carboxylic acids is 1. The van der Waals surface area contributed by atoms with Gasteiger partial charge in [0.25, 0.3) is 0 Å². The molecule has 2 aromatic rings. The Bertz CT molecular complexity index is 788. The molecule has 0 unspecified atom stereocenters. The van der Waals surface area contributed by atoms with Gasteiger partial charge in [-0.3, -0.25) is 4.79 Å². The van der Waals surface area contributed by atoms with E-state index in [9.17, 15) is 4.79 Å². The molecule has 0 saturated heterocycles. The maximum Gasteiger partial charge on any atom is 0.223 e. The molecule has 7 nitrogen and oxygen atoms in total. The molecule has 160 valence electrons. The molecule has 0 atom stereocenters. The van der Waals surface area contributed by atoms with Crippen LogP contribution in [0.2, 0.25) is 0 Å². The van der Waals surface area contributed by atoms with Gasteiger partial charge in [0.15, 0.2) is 17.3 Å². The maximum absolute atomic E-state index is 12.6. The van der Waals surface area contributed by atoms with E-state index >= 15 is 0 Å². The average Bonchev–Trinajstić information content (AvgIpc) is 3.13. The molecule has 2 rings (SSSR count). The predicted octanol–water partition coefficient (Wildman–Crippen LogP) is 4.40. The number of benzene rings is 1. The lowest BCUT2D eigenvalue weighted by molar-refractivity contribution is -0.133. The molecule has 0 spiro atoms. The second kappa shape index (κ2) is 10.2. The molecule has 0 N–H and O–H groups in total. The lowest BCUT2D eigenvalue weighted by atomic mass is 10.1. The van der Waals surface area contributed by atoms with Gasteiger partial charge in [0.1, 0.15) is 5.69 Å². The van der Waals surface area contributed by atoms with Gasteiger partial charge in [0, 0.05) is 24.6 Å². The molecular formula is C22H32N2O5. The summed E-state index contributed by atoms with van der Waals surface area (Å²) in [7, 11) is 4.69. The predicted molar refractivity (Wildman–Crippen MR) is 111 cm³/mol. The van der Waals surface area contributed by atoms with Crippen molar-refractivity contribution < 1.29 is 23.5 Å². The highest BCUT2D eigenvalue weighted by molar-refractivity contribution is 5.76. The van der Waals surface area contributed by atoms with Crippen LogP contribution in [-0.2, 0) is 11.3 Å². The first kappa shape index (κ1) is 22.6. The number of hydrogen-bond acceptors (Lipinski definition) is 6. The van der Waals surface area contributed by atoms with Crippen LogP contribution in [0.3, 0.4) is 0 Å². The summed E-state index contributed by atoms with van der Waals surface area (Å²) < 4.78 is 21.7.